The van der Waals surface area contributed by atoms with Gasteiger partial charge < -0.3 is 5.73 Å². The summed E-state index contributed by atoms with van der Waals surface area (Å²) in [5, 5.41) is 11.2. The second-order valence-electron chi connectivity index (χ2n) is 4.28. The number of nitrogens with zero attached hydrogens (tertiary/aromatic N) is 3. The number of aryl methyl sites for hydroxylation is 1. The molecule has 1 heterocycles. The van der Waals surface area contributed by atoms with Gasteiger partial charge in [-0.1, -0.05) is 0 Å². The standard InChI is InChI=1S/C12H15N5O2S/c1-16-8-11(7-15-16)20(18,19)17(2)10-5-3-9(4-6-10)12(13)14/h3-8H,1-2H3,(H3,13,14). The maximum atomic E-state index is 12.4. The Kier molecular flexibility index (Phi) is 3.49. The molecule has 2 rings (SSSR count). The molecule has 1 aromatic heterocycles. The summed E-state index contributed by atoms with van der Waals surface area (Å²) in [6.45, 7) is 0. The van der Waals surface area contributed by atoms with Crippen molar-refractivity contribution < 1.29 is 8.42 Å². The van der Waals surface area contributed by atoms with Crippen LogP contribution < -0.4 is 10.0 Å². The summed E-state index contributed by atoms with van der Waals surface area (Å²) in [6.07, 6.45) is 2.74. The van der Waals surface area contributed by atoms with E-state index in [9.17, 15) is 8.42 Å². The highest BCUT2D eigenvalue weighted by Gasteiger charge is 2.22. The summed E-state index contributed by atoms with van der Waals surface area (Å²) in [4.78, 5) is 0.123. The van der Waals surface area contributed by atoms with Gasteiger partial charge in [0.2, 0.25) is 0 Å². The number of anilines is 1. The molecule has 2 aromatic rings. The number of hydrogen-bond acceptors (Lipinski definition) is 4. The Morgan fingerprint density at radius 3 is 2.40 bits per heavy atom. The molecule has 3 N–H and O–H groups in total. The van der Waals surface area contributed by atoms with E-state index in [1.165, 1.54) is 24.1 Å². The highest BCUT2D eigenvalue weighted by atomic mass is 32.2. The number of sulfonamides is 1. The second kappa shape index (κ2) is 4.97. The maximum Gasteiger partial charge on any atom is 0.267 e. The van der Waals surface area contributed by atoms with E-state index in [1.807, 2.05) is 0 Å². The average molecular weight is 293 g/mol. The number of amidine groups is 1. The molecule has 0 unspecified atom stereocenters. The van der Waals surface area contributed by atoms with E-state index in [2.05, 4.69) is 5.10 Å². The Morgan fingerprint density at radius 1 is 1.35 bits per heavy atom. The van der Waals surface area contributed by atoms with Crippen LogP contribution in [-0.2, 0) is 17.1 Å². The number of rotatable bonds is 4. The predicted molar refractivity (Wildman–Crippen MR) is 76.3 cm³/mol. The first-order valence-corrected chi connectivity index (χ1v) is 7.18. The zero-order valence-corrected chi connectivity index (χ0v) is 11.9. The van der Waals surface area contributed by atoms with E-state index in [-0.39, 0.29) is 10.7 Å². The number of aromatic nitrogens is 2. The van der Waals surface area contributed by atoms with E-state index in [0.717, 1.165) is 4.31 Å². The first kappa shape index (κ1) is 14.1. The summed E-state index contributed by atoms with van der Waals surface area (Å²) in [5.74, 6) is -0.0608. The smallest absolute Gasteiger partial charge is 0.267 e. The van der Waals surface area contributed by atoms with Gasteiger partial charge in [-0.3, -0.25) is 14.4 Å². The minimum Gasteiger partial charge on any atom is -0.384 e. The van der Waals surface area contributed by atoms with Crippen LogP contribution in [0.5, 0.6) is 0 Å². The molecule has 0 atom stereocenters. The third-order valence-corrected chi connectivity index (χ3v) is 4.62. The molecular formula is C12H15N5O2S. The van der Waals surface area contributed by atoms with E-state index in [1.54, 1.807) is 31.3 Å². The minimum atomic E-state index is -3.64. The van der Waals surface area contributed by atoms with Crippen LogP contribution in [0.3, 0.4) is 0 Å². The first-order valence-electron chi connectivity index (χ1n) is 5.74. The van der Waals surface area contributed by atoms with Gasteiger partial charge in [-0.15, -0.1) is 0 Å². The summed E-state index contributed by atoms with van der Waals surface area (Å²) in [5.41, 5.74) is 6.39. The highest BCUT2D eigenvalue weighted by molar-refractivity contribution is 7.92. The fraction of sp³-hybridized carbons (Fsp3) is 0.167. The number of nitrogens with one attached hydrogen (secondary N) is 1. The van der Waals surface area contributed by atoms with Gasteiger partial charge in [-0.05, 0) is 24.3 Å². The molecule has 0 spiro atoms. The summed E-state index contributed by atoms with van der Waals surface area (Å²) in [6, 6.07) is 6.41. The number of benzene rings is 1. The molecule has 0 saturated carbocycles. The van der Waals surface area contributed by atoms with E-state index in [4.69, 9.17) is 11.1 Å². The lowest BCUT2D eigenvalue weighted by Crippen LogP contribution is -2.26. The van der Waals surface area contributed by atoms with Crippen LogP contribution in [0, 0.1) is 5.41 Å². The zero-order chi connectivity index (χ0) is 14.9. The van der Waals surface area contributed by atoms with Crippen molar-refractivity contribution >= 4 is 21.5 Å². The van der Waals surface area contributed by atoms with Crippen molar-refractivity contribution in [2.45, 2.75) is 4.90 Å². The molecule has 106 valence electrons. The molecule has 8 heteroatoms. The van der Waals surface area contributed by atoms with Gasteiger partial charge in [0.25, 0.3) is 10.0 Å². The van der Waals surface area contributed by atoms with Gasteiger partial charge in [0, 0.05) is 25.9 Å². The normalized spacial score (nSPS) is 11.3. The fourth-order valence-electron chi connectivity index (χ4n) is 1.68. The van der Waals surface area contributed by atoms with Gasteiger partial charge in [0.05, 0.1) is 11.9 Å². The molecule has 0 aliphatic heterocycles. The van der Waals surface area contributed by atoms with Gasteiger partial charge in [-0.2, -0.15) is 5.10 Å². The molecule has 0 amide bonds. The molecule has 0 aliphatic carbocycles. The van der Waals surface area contributed by atoms with Crippen LogP contribution in [0.15, 0.2) is 41.6 Å². The lowest BCUT2D eigenvalue weighted by molar-refractivity contribution is 0.594. The largest absolute Gasteiger partial charge is 0.384 e. The van der Waals surface area contributed by atoms with Crippen molar-refractivity contribution in [3.8, 4) is 0 Å². The van der Waals surface area contributed by atoms with Crippen LogP contribution in [-0.4, -0.2) is 31.1 Å². The van der Waals surface area contributed by atoms with Crippen molar-refractivity contribution in [1.82, 2.24) is 9.78 Å². The second-order valence-corrected chi connectivity index (χ2v) is 6.25. The van der Waals surface area contributed by atoms with Gasteiger partial charge in [0.1, 0.15) is 10.7 Å². The lowest BCUT2D eigenvalue weighted by Gasteiger charge is -2.18. The number of hydrogen-bond donors (Lipinski definition) is 2. The van der Waals surface area contributed by atoms with E-state index >= 15 is 0 Å². The third-order valence-electron chi connectivity index (χ3n) is 2.88. The van der Waals surface area contributed by atoms with Crippen LogP contribution in [0.1, 0.15) is 5.56 Å². The minimum absolute atomic E-state index is 0.0608. The molecule has 7 nitrogen and oxygen atoms in total. The van der Waals surface area contributed by atoms with E-state index in [0.29, 0.717) is 11.3 Å². The van der Waals surface area contributed by atoms with Crippen LogP contribution in [0.2, 0.25) is 0 Å². The Morgan fingerprint density at radius 2 is 1.95 bits per heavy atom. The molecule has 0 bridgehead atoms. The Labute approximate surface area is 117 Å². The Hall–Kier alpha value is -2.35. The van der Waals surface area contributed by atoms with Gasteiger partial charge in [0.15, 0.2) is 0 Å². The van der Waals surface area contributed by atoms with Crippen molar-refractivity contribution in [3.05, 3.63) is 42.2 Å². The first-order chi connectivity index (χ1) is 9.32. The fourth-order valence-corrected chi connectivity index (χ4v) is 2.86. The zero-order valence-electron chi connectivity index (χ0n) is 11.1. The van der Waals surface area contributed by atoms with Crippen LogP contribution in [0.25, 0.3) is 0 Å². The molecule has 20 heavy (non-hydrogen) atoms. The number of nitrogens with two attached hydrogens (primary N) is 1. The predicted octanol–water partition coefficient (Wildman–Crippen LogP) is 0.529. The summed E-state index contributed by atoms with van der Waals surface area (Å²) < 4.78 is 27.3. The number of nitrogen functional groups attached to an aromatic ring is 1. The van der Waals surface area contributed by atoms with Crippen molar-refractivity contribution in [2.75, 3.05) is 11.4 Å². The Balaban J connectivity index is 2.35. The molecule has 0 aliphatic rings. The van der Waals surface area contributed by atoms with Gasteiger partial charge >= 0.3 is 0 Å². The van der Waals surface area contributed by atoms with Gasteiger partial charge in [-0.25, -0.2) is 8.42 Å². The maximum absolute atomic E-state index is 12.4. The van der Waals surface area contributed by atoms with Crippen LogP contribution in [0.4, 0.5) is 5.69 Å². The molecule has 1 aromatic carbocycles. The van der Waals surface area contributed by atoms with Crippen molar-refractivity contribution in [1.29, 1.82) is 5.41 Å². The topological polar surface area (TPSA) is 105 Å². The molecular weight excluding hydrogens is 278 g/mol. The summed E-state index contributed by atoms with van der Waals surface area (Å²) >= 11 is 0. The molecule has 0 saturated heterocycles. The SMILES string of the molecule is CN(c1ccc(C(=N)N)cc1)S(=O)(=O)c1cnn(C)c1. The quantitative estimate of drug-likeness (QED) is 0.633. The molecule has 0 fully saturated rings. The molecule has 0 radical (unpaired) electrons. The average Bonchev–Trinajstić information content (AvgIpc) is 2.85. The van der Waals surface area contributed by atoms with Crippen molar-refractivity contribution in [3.63, 3.8) is 0 Å². The summed E-state index contributed by atoms with van der Waals surface area (Å²) in [7, 11) is -0.522. The highest BCUT2D eigenvalue weighted by Crippen LogP contribution is 2.21. The lowest BCUT2D eigenvalue weighted by atomic mass is 10.2. The van der Waals surface area contributed by atoms with Crippen molar-refractivity contribution in [2.24, 2.45) is 12.8 Å². The monoisotopic (exact) mass is 293 g/mol. The van der Waals surface area contributed by atoms with Crippen LogP contribution >= 0.6 is 0 Å². The van der Waals surface area contributed by atoms with E-state index < -0.39 is 10.0 Å². The Bertz CT molecular complexity index is 733. The third kappa shape index (κ3) is 2.50.